The highest BCUT2D eigenvalue weighted by atomic mass is 32.1. The van der Waals surface area contributed by atoms with E-state index in [-0.39, 0.29) is 5.91 Å². The van der Waals surface area contributed by atoms with Crippen LogP contribution in [0.5, 0.6) is 0 Å². The molecule has 25 heavy (non-hydrogen) atoms. The Bertz CT molecular complexity index is 718. The monoisotopic (exact) mass is 370 g/mol. The Hall–Kier alpha value is -2.11. The Morgan fingerprint density at radius 1 is 0.880 bits per heavy atom. The van der Waals surface area contributed by atoms with Crippen LogP contribution in [0.25, 0.3) is 0 Å². The van der Waals surface area contributed by atoms with Crippen LogP contribution in [0.4, 0.5) is 5.69 Å². The SMILES string of the molecule is CN(CCC(=O)N(Cc1cccs1)Cc1cccs1)c1ccccc1. The third kappa shape index (κ3) is 5.18. The molecule has 0 bridgehead atoms. The van der Waals surface area contributed by atoms with Crippen molar-refractivity contribution in [3.05, 3.63) is 75.1 Å². The summed E-state index contributed by atoms with van der Waals surface area (Å²) >= 11 is 3.40. The minimum atomic E-state index is 0.199. The second kappa shape index (κ2) is 8.83. The standard InChI is InChI=1S/C20H22N2OS2/c1-21(17-7-3-2-4-8-17)12-11-20(23)22(15-18-9-5-13-24-18)16-19-10-6-14-25-19/h2-10,13-14H,11-12,15-16H2,1H3. The molecule has 130 valence electrons. The minimum Gasteiger partial charge on any atom is -0.374 e. The summed E-state index contributed by atoms with van der Waals surface area (Å²) in [5.41, 5.74) is 1.14. The van der Waals surface area contributed by atoms with E-state index in [0.29, 0.717) is 26.1 Å². The molecule has 0 aliphatic heterocycles. The molecule has 0 aliphatic rings. The molecule has 0 aliphatic carbocycles. The second-order valence-corrected chi connectivity index (χ2v) is 7.98. The lowest BCUT2D eigenvalue weighted by Gasteiger charge is -2.24. The van der Waals surface area contributed by atoms with Gasteiger partial charge in [-0.15, -0.1) is 22.7 Å². The molecule has 0 N–H and O–H groups in total. The number of amides is 1. The van der Waals surface area contributed by atoms with E-state index in [2.05, 4.69) is 39.9 Å². The third-order valence-corrected chi connectivity index (χ3v) is 5.79. The van der Waals surface area contributed by atoms with Crippen molar-refractivity contribution in [1.29, 1.82) is 0 Å². The van der Waals surface area contributed by atoms with Crippen molar-refractivity contribution in [1.82, 2.24) is 4.90 Å². The molecule has 0 saturated heterocycles. The Balaban J connectivity index is 1.61. The average Bonchev–Trinajstić information content (AvgIpc) is 3.33. The van der Waals surface area contributed by atoms with Crippen molar-refractivity contribution >= 4 is 34.3 Å². The van der Waals surface area contributed by atoms with Gasteiger partial charge in [-0.3, -0.25) is 4.79 Å². The van der Waals surface area contributed by atoms with Crippen LogP contribution >= 0.6 is 22.7 Å². The van der Waals surface area contributed by atoms with E-state index >= 15 is 0 Å². The van der Waals surface area contributed by atoms with E-state index in [1.165, 1.54) is 9.75 Å². The number of rotatable bonds is 8. The summed E-state index contributed by atoms with van der Waals surface area (Å²) in [4.78, 5) is 19.4. The first-order valence-electron chi connectivity index (χ1n) is 8.31. The number of para-hydroxylation sites is 1. The zero-order chi connectivity index (χ0) is 17.5. The molecule has 2 aromatic heterocycles. The normalized spacial score (nSPS) is 10.6. The predicted octanol–water partition coefficient (Wildman–Crippen LogP) is 4.86. The number of hydrogen-bond acceptors (Lipinski definition) is 4. The molecule has 0 saturated carbocycles. The first-order valence-corrected chi connectivity index (χ1v) is 10.1. The molecule has 1 aromatic carbocycles. The molecule has 3 rings (SSSR count). The molecule has 0 unspecified atom stereocenters. The van der Waals surface area contributed by atoms with Gasteiger partial charge in [-0.25, -0.2) is 0 Å². The van der Waals surface area contributed by atoms with Gasteiger partial charge in [0.1, 0.15) is 0 Å². The molecule has 5 heteroatoms. The number of thiophene rings is 2. The number of anilines is 1. The fraction of sp³-hybridized carbons (Fsp3) is 0.250. The van der Waals surface area contributed by atoms with Crippen LogP contribution in [-0.2, 0) is 17.9 Å². The maximum atomic E-state index is 12.8. The van der Waals surface area contributed by atoms with Gasteiger partial charge in [-0.05, 0) is 35.0 Å². The van der Waals surface area contributed by atoms with Crippen LogP contribution in [0.3, 0.4) is 0 Å². The van der Waals surface area contributed by atoms with Crippen LogP contribution in [0.2, 0.25) is 0 Å². The lowest BCUT2D eigenvalue weighted by atomic mass is 10.2. The number of hydrogen-bond donors (Lipinski definition) is 0. The maximum absolute atomic E-state index is 12.8. The molecule has 0 atom stereocenters. The van der Waals surface area contributed by atoms with E-state index < -0.39 is 0 Å². The first-order chi connectivity index (χ1) is 12.2. The van der Waals surface area contributed by atoms with Crippen molar-refractivity contribution in [2.75, 3.05) is 18.5 Å². The highest BCUT2D eigenvalue weighted by Crippen LogP contribution is 2.18. The van der Waals surface area contributed by atoms with Gasteiger partial charge in [-0.2, -0.15) is 0 Å². The lowest BCUT2D eigenvalue weighted by Crippen LogP contribution is -2.32. The number of carbonyl (C=O) groups excluding carboxylic acids is 1. The van der Waals surface area contributed by atoms with Crippen molar-refractivity contribution < 1.29 is 4.79 Å². The highest BCUT2D eigenvalue weighted by Gasteiger charge is 2.16. The summed E-state index contributed by atoms with van der Waals surface area (Å²) in [6, 6.07) is 18.4. The van der Waals surface area contributed by atoms with E-state index in [1.807, 2.05) is 42.3 Å². The zero-order valence-electron chi connectivity index (χ0n) is 14.3. The first kappa shape index (κ1) is 17.7. The summed E-state index contributed by atoms with van der Waals surface area (Å²) in [6.07, 6.45) is 0.516. The summed E-state index contributed by atoms with van der Waals surface area (Å²) in [5.74, 6) is 0.199. The Labute approximate surface area is 157 Å². The lowest BCUT2D eigenvalue weighted by molar-refractivity contribution is -0.132. The largest absolute Gasteiger partial charge is 0.374 e. The summed E-state index contributed by atoms with van der Waals surface area (Å²) < 4.78 is 0. The quantitative estimate of drug-likeness (QED) is 0.565. The van der Waals surface area contributed by atoms with Crippen molar-refractivity contribution in [3.63, 3.8) is 0 Å². The molecule has 3 nitrogen and oxygen atoms in total. The van der Waals surface area contributed by atoms with Crippen molar-refractivity contribution in [2.24, 2.45) is 0 Å². The van der Waals surface area contributed by atoms with Crippen LogP contribution in [-0.4, -0.2) is 24.4 Å². The van der Waals surface area contributed by atoms with Gasteiger partial charge in [0.15, 0.2) is 0 Å². The number of benzene rings is 1. The highest BCUT2D eigenvalue weighted by molar-refractivity contribution is 7.10. The maximum Gasteiger partial charge on any atom is 0.225 e. The molecule has 0 radical (unpaired) electrons. The van der Waals surface area contributed by atoms with Gasteiger partial charge in [0.25, 0.3) is 0 Å². The third-order valence-electron chi connectivity index (χ3n) is 4.06. The minimum absolute atomic E-state index is 0.199. The molecule has 1 amide bonds. The van der Waals surface area contributed by atoms with Crippen molar-refractivity contribution in [2.45, 2.75) is 19.5 Å². The summed E-state index contributed by atoms with van der Waals surface area (Å²) in [7, 11) is 2.03. The van der Waals surface area contributed by atoms with Gasteiger partial charge in [-0.1, -0.05) is 30.3 Å². The van der Waals surface area contributed by atoms with Crippen LogP contribution in [0.15, 0.2) is 65.4 Å². The number of carbonyl (C=O) groups is 1. The molecular formula is C20H22N2OS2. The van der Waals surface area contributed by atoms with Gasteiger partial charge in [0.2, 0.25) is 5.91 Å². The predicted molar refractivity (Wildman–Crippen MR) is 107 cm³/mol. The van der Waals surface area contributed by atoms with E-state index in [9.17, 15) is 4.79 Å². The van der Waals surface area contributed by atoms with Crippen LogP contribution < -0.4 is 4.90 Å². The van der Waals surface area contributed by atoms with Crippen LogP contribution in [0, 0.1) is 0 Å². The van der Waals surface area contributed by atoms with E-state index in [4.69, 9.17) is 0 Å². The Kier molecular flexibility index (Phi) is 6.25. The van der Waals surface area contributed by atoms with E-state index in [1.54, 1.807) is 22.7 Å². The van der Waals surface area contributed by atoms with Gasteiger partial charge in [0, 0.05) is 35.5 Å². The molecule has 2 heterocycles. The molecule has 3 aromatic rings. The Morgan fingerprint density at radius 2 is 1.48 bits per heavy atom. The van der Waals surface area contributed by atoms with Gasteiger partial charge >= 0.3 is 0 Å². The smallest absolute Gasteiger partial charge is 0.225 e. The zero-order valence-corrected chi connectivity index (χ0v) is 15.9. The van der Waals surface area contributed by atoms with Gasteiger partial charge < -0.3 is 9.80 Å². The fourth-order valence-electron chi connectivity index (χ4n) is 2.65. The summed E-state index contributed by atoms with van der Waals surface area (Å²) in [6.45, 7) is 2.08. The fourth-order valence-corrected chi connectivity index (χ4v) is 4.09. The average molecular weight is 371 g/mol. The van der Waals surface area contributed by atoms with Crippen LogP contribution in [0.1, 0.15) is 16.2 Å². The topological polar surface area (TPSA) is 23.6 Å². The summed E-state index contributed by atoms with van der Waals surface area (Å²) in [5, 5.41) is 4.12. The molecule has 0 spiro atoms. The number of nitrogens with zero attached hydrogens (tertiary/aromatic N) is 2. The molecular weight excluding hydrogens is 348 g/mol. The van der Waals surface area contributed by atoms with Gasteiger partial charge in [0.05, 0.1) is 13.1 Å². The van der Waals surface area contributed by atoms with Crippen molar-refractivity contribution in [3.8, 4) is 0 Å². The molecule has 0 fully saturated rings. The second-order valence-electron chi connectivity index (χ2n) is 5.92. The van der Waals surface area contributed by atoms with E-state index in [0.717, 1.165) is 5.69 Å². The Morgan fingerprint density at radius 3 is 2.00 bits per heavy atom.